The highest BCUT2D eigenvalue weighted by molar-refractivity contribution is 5.78. The summed E-state index contributed by atoms with van der Waals surface area (Å²) in [7, 11) is 0. The van der Waals surface area contributed by atoms with Gasteiger partial charge in [-0.3, -0.25) is 9.59 Å². The zero-order chi connectivity index (χ0) is 13.5. The lowest BCUT2D eigenvalue weighted by molar-refractivity contribution is -0.146. The van der Waals surface area contributed by atoms with Crippen LogP contribution in [0, 0.1) is 5.92 Å². The second-order valence-corrected chi connectivity index (χ2v) is 4.80. The van der Waals surface area contributed by atoms with Crippen LogP contribution in [0.5, 0.6) is 0 Å². The lowest BCUT2D eigenvalue weighted by Gasteiger charge is -2.35. The van der Waals surface area contributed by atoms with Gasteiger partial charge in [0.15, 0.2) is 0 Å². The van der Waals surface area contributed by atoms with Crippen LogP contribution < -0.4 is 0 Å². The minimum absolute atomic E-state index is 0.0331. The first-order chi connectivity index (χ1) is 8.58. The van der Waals surface area contributed by atoms with Crippen molar-refractivity contribution in [3.05, 3.63) is 0 Å². The van der Waals surface area contributed by atoms with Gasteiger partial charge in [0.2, 0.25) is 5.91 Å². The van der Waals surface area contributed by atoms with Gasteiger partial charge in [0.1, 0.15) is 0 Å². The molecule has 1 saturated heterocycles. The fourth-order valence-corrected chi connectivity index (χ4v) is 2.30. The molecular formula is C13H23NO4. The molecule has 0 spiro atoms. The molecule has 18 heavy (non-hydrogen) atoms. The van der Waals surface area contributed by atoms with Crippen LogP contribution in [-0.2, 0) is 14.3 Å². The Morgan fingerprint density at radius 3 is 2.61 bits per heavy atom. The highest BCUT2D eigenvalue weighted by Gasteiger charge is 2.29. The van der Waals surface area contributed by atoms with Crippen molar-refractivity contribution in [3.8, 4) is 0 Å². The number of amides is 1. The van der Waals surface area contributed by atoms with E-state index in [9.17, 15) is 9.59 Å². The fraction of sp³-hybridized carbons (Fsp3) is 0.846. The maximum Gasteiger partial charge on any atom is 0.305 e. The van der Waals surface area contributed by atoms with E-state index in [1.165, 1.54) is 0 Å². The van der Waals surface area contributed by atoms with Crippen molar-refractivity contribution in [1.82, 2.24) is 4.90 Å². The molecule has 5 heteroatoms. The number of nitrogens with zero attached hydrogens (tertiary/aromatic N) is 1. The molecule has 0 aromatic carbocycles. The first kappa shape index (κ1) is 15.0. The topological polar surface area (TPSA) is 66.8 Å². The van der Waals surface area contributed by atoms with E-state index in [1.54, 1.807) is 4.90 Å². The molecule has 1 unspecified atom stereocenters. The third-order valence-electron chi connectivity index (χ3n) is 3.58. The van der Waals surface area contributed by atoms with Gasteiger partial charge in [-0.2, -0.15) is 0 Å². The first-order valence-electron chi connectivity index (χ1n) is 6.67. The Morgan fingerprint density at radius 1 is 1.39 bits per heavy atom. The molecule has 104 valence electrons. The number of carbonyl (C=O) groups excluding carboxylic acids is 1. The predicted molar refractivity (Wildman–Crippen MR) is 67.3 cm³/mol. The molecule has 1 aliphatic heterocycles. The summed E-state index contributed by atoms with van der Waals surface area (Å²) in [6.07, 6.45) is 2.45. The summed E-state index contributed by atoms with van der Waals surface area (Å²) in [5, 5.41) is 8.85. The van der Waals surface area contributed by atoms with Crippen LogP contribution in [0.25, 0.3) is 0 Å². The van der Waals surface area contributed by atoms with Gasteiger partial charge in [0.05, 0.1) is 25.7 Å². The van der Waals surface area contributed by atoms with Crippen LogP contribution in [0.2, 0.25) is 0 Å². The molecule has 1 heterocycles. The van der Waals surface area contributed by atoms with Gasteiger partial charge in [0, 0.05) is 13.0 Å². The van der Waals surface area contributed by atoms with Gasteiger partial charge < -0.3 is 14.7 Å². The molecule has 0 radical (unpaired) electrons. The fourth-order valence-electron chi connectivity index (χ4n) is 2.30. The van der Waals surface area contributed by atoms with E-state index < -0.39 is 5.97 Å². The Balaban J connectivity index is 2.59. The van der Waals surface area contributed by atoms with Crippen molar-refractivity contribution < 1.29 is 19.4 Å². The lowest BCUT2D eigenvalue weighted by atomic mass is 9.98. The second kappa shape index (κ2) is 7.36. The van der Waals surface area contributed by atoms with Crippen LogP contribution >= 0.6 is 0 Å². The van der Waals surface area contributed by atoms with E-state index in [0.717, 1.165) is 12.8 Å². The summed E-state index contributed by atoms with van der Waals surface area (Å²) in [5.41, 5.74) is 0. The molecule has 0 aromatic rings. The molecule has 1 fully saturated rings. The highest BCUT2D eigenvalue weighted by atomic mass is 16.5. The maximum absolute atomic E-state index is 12.2. The summed E-state index contributed by atoms with van der Waals surface area (Å²) in [6.45, 7) is 5.51. The molecule has 1 N–H and O–H groups in total. The summed E-state index contributed by atoms with van der Waals surface area (Å²) in [4.78, 5) is 24.7. The number of ether oxygens (including phenoxy) is 1. The molecule has 1 aliphatic rings. The number of morpholine rings is 1. The standard InChI is InChI=1S/C13H23NO4/c1-3-10(4-2)7-12(15)14-5-6-18-9-11(14)8-13(16)17/h10-11H,3-9H2,1-2H3,(H,16,17). The normalized spacial score (nSPS) is 20.2. The average Bonchev–Trinajstić information content (AvgIpc) is 2.35. The number of carboxylic acid groups (broad SMARTS) is 1. The van der Waals surface area contributed by atoms with Gasteiger partial charge in [-0.15, -0.1) is 0 Å². The molecule has 1 atom stereocenters. The zero-order valence-corrected chi connectivity index (χ0v) is 11.2. The molecule has 0 saturated carbocycles. The molecule has 5 nitrogen and oxygen atoms in total. The third-order valence-corrected chi connectivity index (χ3v) is 3.58. The molecule has 1 rings (SSSR count). The van der Waals surface area contributed by atoms with Crippen molar-refractivity contribution in [1.29, 1.82) is 0 Å². The summed E-state index contributed by atoms with van der Waals surface area (Å²) < 4.78 is 5.26. The first-order valence-corrected chi connectivity index (χ1v) is 6.67. The van der Waals surface area contributed by atoms with E-state index in [4.69, 9.17) is 9.84 Å². The van der Waals surface area contributed by atoms with E-state index in [-0.39, 0.29) is 18.4 Å². The SMILES string of the molecule is CCC(CC)CC(=O)N1CCOCC1CC(=O)O. The van der Waals surface area contributed by atoms with Gasteiger partial charge in [-0.1, -0.05) is 26.7 Å². The van der Waals surface area contributed by atoms with Gasteiger partial charge in [-0.25, -0.2) is 0 Å². The number of aliphatic carboxylic acids is 1. The molecule has 0 bridgehead atoms. The number of carbonyl (C=O) groups is 2. The Bertz CT molecular complexity index is 289. The number of hydrogen-bond donors (Lipinski definition) is 1. The van der Waals surface area contributed by atoms with Crippen molar-refractivity contribution in [2.45, 2.75) is 45.6 Å². The molecular weight excluding hydrogens is 234 g/mol. The molecule has 0 aromatic heterocycles. The van der Waals surface area contributed by atoms with Crippen molar-refractivity contribution >= 4 is 11.9 Å². The Morgan fingerprint density at radius 2 is 2.06 bits per heavy atom. The average molecular weight is 257 g/mol. The highest BCUT2D eigenvalue weighted by Crippen LogP contribution is 2.18. The third kappa shape index (κ3) is 4.29. The minimum atomic E-state index is -0.883. The minimum Gasteiger partial charge on any atom is -0.481 e. The van der Waals surface area contributed by atoms with Crippen LogP contribution in [0.15, 0.2) is 0 Å². The van der Waals surface area contributed by atoms with E-state index in [0.29, 0.717) is 32.1 Å². The van der Waals surface area contributed by atoms with Gasteiger partial charge >= 0.3 is 5.97 Å². The monoisotopic (exact) mass is 257 g/mol. The maximum atomic E-state index is 12.2. The second-order valence-electron chi connectivity index (χ2n) is 4.80. The zero-order valence-electron chi connectivity index (χ0n) is 11.2. The lowest BCUT2D eigenvalue weighted by Crippen LogP contribution is -2.49. The predicted octanol–water partition coefficient (Wildman–Crippen LogP) is 1.51. The Hall–Kier alpha value is -1.10. The number of hydrogen-bond acceptors (Lipinski definition) is 3. The summed E-state index contributed by atoms with van der Waals surface area (Å²) >= 11 is 0. The molecule has 0 aliphatic carbocycles. The van der Waals surface area contributed by atoms with Gasteiger partial charge in [-0.05, 0) is 5.92 Å². The van der Waals surface area contributed by atoms with Crippen molar-refractivity contribution in [2.75, 3.05) is 19.8 Å². The van der Waals surface area contributed by atoms with Crippen molar-refractivity contribution in [3.63, 3.8) is 0 Å². The molecule has 1 amide bonds. The summed E-state index contributed by atoms with van der Waals surface area (Å²) in [5.74, 6) is -0.421. The van der Waals surface area contributed by atoms with Crippen LogP contribution in [0.3, 0.4) is 0 Å². The van der Waals surface area contributed by atoms with E-state index in [2.05, 4.69) is 13.8 Å². The van der Waals surface area contributed by atoms with Crippen LogP contribution in [-0.4, -0.2) is 47.7 Å². The Labute approximate surface area is 108 Å². The van der Waals surface area contributed by atoms with Crippen LogP contribution in [0.4, 0.5) is 0 Å². The largest absolute Gasteiger partial charge is 0.481 e. The number of rotatable bonds is 6. The Kier molecular flexibility index (Phi) is 6.12. The van der Waals surface area contributed by atoms with E-state index >= 15 is 0 Å². The smallest absolute Gasteiger partial charge is 0.305 e. The van der Waals surface area contributed by atoms with Crippen molar-refractivity contribution in [2.24, 2.45) is 5.92 Å². The van der Waals surface area contributed by atoms with E-state index in [1.807, 2.05) is 0 Å². The van der Waals surface area contributed by atoms with Gasteiger partial charge in [0.25, 0.3) is 0 Å². The summed E-state index contributed by atoms with van der Waals surface area (Å²) in [6, 6.07) is -0.307. The quantitative estimate of drug-likeness (QED) is 0.783. The number of carboxylic acids is 1. The van der Waals surface area contributed by atoms with Crippen LogP contribution in [0.1, 0.15) is 39.5 Å².